The number of hydrogen-bond acceptors (Lipinski definition) is 25. The number of hydrogen-bond donors (Lipinski definition) is 0. The van der Waals surface area contributed by atoms with Gasteiger partial charge in [0.1, 0.15) is 39.2 Å². The monoisotopic (exact) mass is 948 g/mol. The van der Waals surface area contributed by atoms with Crippen LogP contribution in [0.4, 0.5) is 0 Å². The number of carbonyl (C=O) groups excluding carboxylic acids is 9. The predicted molar refractivity (Wildman–Crippen MR) is 218 cm³/mol. The number of methoxy groups -OCH3 is 8. The Balaban J connectivity index is 1.93. The van der Waals surface area contributed by atoms with Gasteiger partial charge in [-0.05, 0) is 0 Å². The molecule has 0 bridgehead atoms. The first-order chi connectivity index (χ1) is 27.7. The lowest BCUT2D eigenvalue weighted by molar-refractivity contribution is -0.138. The summed E-state index contributed by atoms with van der Waals surface area (Å²) in [7, 11) is 8.67. The molecule has 17 nitrogen and oxygen atoms in total. The molecule has 0 radical (unpaired) electrons. The highest BCUT2D eigenvalue weighted by molar-refractivity contribution is 8.31. The Morgan fingerprint density at radius 1 is 0.276 bits per heavy atom. The molecule has 5 rings (SSSR count). The quantitative estimate of drug-likeness (QED) is 0.184. The van der Waals surface area contributed by atoms with Crippen LogP contribution in [0, 0.1) is 0 Å². The van der Waals surface area contributed by atoms with Gasteiger partial charge in [0.2, 0.25) is 0 Å². The minimum absolute atomic E-state index is 0.00851. The van der Waals surface area contributed by atoms with Gasteiger partial charge in [-0.3, -0.25) is 4.79 Å². The standard InChI is InChI=1S/C33H24O17S8/c1-43-22(35)14-15(23(36)44-2)52-30(51-14)9-10(31-53-16(24(37)45-3)17(54-31)25(38)46-4)12(33-57-20(28(41)49-7)21(58-33)29(42)50-8)13(34)11(9)32-55-18(26(39)47-5)19(56-32)27(40)48-6/h1-8H3. The van der Waals surface area contributed by atoms with Crippen molar-refractivity contribution in [3.63, 3.8) is 0 Å². The van der Waals surface area contributed by atoms with E-state index in [1.165, 1.54) is 0 Å². The Morgan fingerprint density at radius 2 is 0.414 bits per heavy atom. The SMILES string of the molecule is COC(=O)C1=C(C(=O)OC)SC(=C2C(=O)C(=C3SC(C(=O)OC)=C(C(=O)OC)S3)C(=C3SC(C(=O)OC)=C(C(=O)OC)S3)C2=C2SC(C(=O)OC)=C(C(=O)OC)S2)S1. The highest BCUT2D eigenvalue weighted by Crippen LogP contribution is 2.66. The molecule has 0 unspecified atom stereocenters. The van der Waals surface area contributed by atoms with Crippen molar-refractivity contribution in [1.29, 1.82) is 0 Å². The van der Waals surface area contributed by atoms with E-state index >= 15 is 4.79 Å². The van der Waals surface area contributed by atoms with E-state index in [9.17, 15) is 38.4 Å². The van der Waals surface area contributed by atoms with Gasteiger partial charge < -0.3 is 37.9 Å². The zero-order chi connectivity index (χ0) is 42.7. The Bertz CT molecular complexity index is 2010. The second-order valence-corrected chi connectivity index (χ2v) is 19.6. The maximum Gasteiger partial charge on any atom is 0.346 e. The van der Waals surface area contributed by atoms with E-state index < -0.39 is 53.5 Å². The molecule has 0 spiro atoms. The van der Waals surface area contributed by atoms with Crippen LogP contribution < -0.4 is 0 Å². The molecule has 1 saturated carbocycles. The van der Waals surface area contributed by atoms with E-state index in [-0.39, 0.29) is 78.5 Å². The lowest BCUT2D eigenvalue weighted by Gasteiger charge is -2.12. The lowest BCUT2D eigenvalue weighted by Crippen LogP contribution is -2.08. The van der Waals surface area contributed by atoms with Gasteiger partial charge >= 0.3 is 47.8 Å². The summed E-state index contributed by atoms with van der Waals surface area (Å²) in [6, 6.07) is 0. The topological polar surface area (TPSA) is 227 Å². The van der Waals surface area contributed by atoms with Gasteiger partial charge in [0.25, 0.3) is 0 Å². The third kappa shape index (κ3) is 8.31. The van der Waals surface area contributed by atoms with E-state index in [4.69, 9.17) is 37.9 Å². The minimum atomic E-state index is -0.939. The molecule has 0 aromatic carbocycles. The number of ketones is 1. The number of carbonyl (C=O) groups is 9. The maximum atomic E-state index is 15.3. The second kappa shape index (κ2) is 19.0. The van der Waals surface area contributed by atoms with Crippen LogP contribution in [-0.2, 0) is 81.0 Å². The average molecular weight is 949 g/mol. The van der Waals surface area contributed by atoms with Gasteiger partial charge in [-0.15, -0.1) is 0 Å². The maximum absolute atomic E-state index is 15.3. The third-order valence-electron chi connectivity index (χ3n) is 7.37. The summed E-state index contributed by atoms with van der Waals surface area (Å²) in [6.45, 7) is 0. The predicted octanol–water partition coefficient (Wildman–Crippen LogP) is 4.57. The molecule has 25 heteroatoms. The van der Waals surface area contributed by atoms with E-state index in [2.05, 4.69) is 0 Å². The van der Waals surface area contributed by atoms with Crippen molar-refractivity contribution < 1.29 is 81.0 Å². The summed E-state index contributed by atoms with van der Waals surface area (Å²) in [5, 5.41) is 0. The molecule has 0 aromatic rings. The average Bonchev–Trinajstić information content (AvgIpc) is 4.09. The summed E-state index contributed by atoms with van der Waals surface area (Å²) in [5.74, 6) is -8.30. The molecule has 0 amide bonds. The van der Waals surface area contributed by atoms with Crippen LogP contribution in [0.2, 0.25) is 0 Å². The Labute approximate surface area is 361 Å². The molecule has 1 aliphatic carbocycles. The number of ether oxygens (including phenoxy) is 8. The minimum Gasteiger partial charge on any atom is -0.465 e. The van der Waals surface area contributed by atoms with Crippen molar-refractivity contribution in [3.05, 3.63) is 78.5 Å². The van der Waals surface area contributed by atoms with Crippen molar-refractivity contribution in [2.75, 3.05) is 56.9 Å². The zero-order valence-corrected chi connectivity index (χ0v) is 37.2. The van der Waals surface area contributed by atoms with Crippen molar-refractivity contribution in [1.82, 2.24) is 0 Å². The number of allylic oxidation sites excluding steroid dienone is 4. The summed E-state index contributed by atoms with van der Waals surface area (Å²) >= 11 is 5.69. The first kappa shape index (κ1) is 45.2. The fraction of sp³-hybridized carbons (Fsp3) is 0.242. The number of Topliss-reactive ketones (excluding diaryl/α,β-unsaturated/α-hetero) is 1. The molecule has 1 fully saturated rings. The molecule has 5 aliphatic rings. The summed E-state index contributed by atoms with van der Waals surface area (Å²) < 4.78 is 39.7. The molecule has 4 heterocycles. The zero-order valence-electron chi connectivity index (χ0n) is 30.7. The summed E-state index contributed by atoms with van der Waals surface area (Å²) in [5.41, 5.74) is -0.396. The van der Waals surface area contributed by atoms with Crippen molar-refractivity contribution in [3.8, 4) is 0 Å². The van der Waals surface area contributed by atoms with Gasteiger partial charge in [0.15, 0.2) is 5.78 Å². The van der Waals surface area contributed by atoms with Crippen molar-refractivity contribution >= 4 is 148 Å². The molecular weight excluding hydrogens is 925 g/mol. The molecule has 306 valence electrons. The largest absolute Gasteiger partial charge is 0.465 e. The van der Waals surface area contributed by atoms with E-state index in [0.717, 1.165) is 104 Å². The van der Waals surface area contributed by atoms with E-state index in [1.54, 1.807) is 0 Å². The van der Waals surface area contributed by atoms with Crippen LogP contribution in [0.5, 0.6) is 0 Å². The molecule has 0 atom stereocenters. The van der Waals surface area contributed by atoms with Crippen LogP contribution >= 0.6 is 94.1 Å². The summed E-state index contributed by atoms with van der Waals surface area (Å²) in [6.07, 6.45) is 0. The normalized spacial score (nSPS) is 18.2. The first-order valence-corrected chi connectivity index (χ1v) is 21.8. The van der Waals surface area contributed by atoms with Crippen molar-refractivity contribution in [2.24, 2.45) is 0 Å². The molecular formula is C33H24O17S8. The highest BCUT2D eigenvalue weighted by Gasteiger charge is 2.50. The van der Waals surface area contributed by atoms with Crippen LogP contribution in [0.1, 0.15) is 0 Å². The molecule has 4 aliphatic heterocycles. The van der Waals surface area contributed by atoms with Crippen LogP contribution in [0.3, 0.4) is 0 Å². The Kier molecular flexibility index (Phi) is 14.8. The van der Waals surface area contributed by atoms with Gasteiger partial charge in [0.05, 0.1) is 85.0 Å². The van der Waals surface area contributed by atoms with Gasteiger partial charge in [-0.2, -0.15) is 0 Å². The van der Waals surface area contributed by atoms with Gasteiger partial charge in [-0.25, -0.2) is 38.4 Å². The van der Waals surface area contributed by atoms with Crippen LogP contribution in [0.25, 0.3) is 0 Å². The molecule has 58 heavy (non-hydrogen) atoms. The molecule has 0 N–H and O–H groups in total. The smallest absolute Gasteiger partial charge is 0.346 e. The Hall–Kier alpha value is -3.85. The first-order valence-electron chi connectivity index (χ1n) is 15.3. The fourth-order valence-corrected chi connectivity index (χ4v) is 15.1. The number of rotatable bonds is 8. The third-order valence-corrected chi connectivity index (χ3v) is 17.6. The highest BCUT2D eigenvalue weighted by atomic mass is 32.2. The van der Waals surface area contributed by atoms with Gasteiger partial charge in [-0.1, -0.05) is 94.1 Å². The number of thioether (sulfide) groups is 8. The lowest BCUT2D eigenvalue weighted by atomic mass is 10.1. The van der Waals surface area contributed by atoms with E-state index in [1.807, 2.05) is 0 Å². The van der Waals surface area contributed by atoms with Crippen LogP contribution in [0.15, 0.2) is 78.5 Å². The van der Waals surface area contributed by atoms with Crippen molar-refractivity contribution in [2.45, 2.75) is 0 Å². The van der Waals surface area contributed by atoms with Crippen LogP contribution in [-0.4, -0.2) is 110 Å². The fourth-order valence-electron chi connectivity index (χ4n) is 4.82. The molecule has 0 saturated heterocycles. The van der Waals surface area contributed by atoms with Gasteiger partial charge in [0, 0.05) is 11.1 Å². The number of esters is 8. The molecule has 0 aromatic heterocycles. The van der Waals surface area contributed by atoms with E-state index in [0.29, 0.717) is 47.0 Å². The second-order valence-electron chi connectivity index (χ2n) is 10.4. The summed E-state index contributed by atoms with van der Waals surface area (Å²) in [4.78, 5) is 118. The Morgan fingerprint density at radius 3 is 0.552 bits per heavy atom.